The van der Waals surface area contributed by atoms with E-state index >= 15 is 0 Å². The molecule has 3 aromatic carbocycles. The molecule has 49 heavy (non-hydrogen) atoms. The first-order valence-corrected chi connectivity index (χ1v) is 17.9. The lowest BCUT2D eigenvalue weighted by Gasteiger charge is -2.30. The van der Waals surface area contributed by atoms with Gasteiger partial charge in [0.25, 0.3) is 0 Å². The maximum atomic E-state index is 12.5. The first-order valence-electron chi connectivity index (χ1n) is 17.9. The summed E-state index contributed by atoms with van der Waals surface area (Å²) in [5.41, 5.74) is 6.98. The third kappa shape index (κ3) is 9.53. The normalized spacial score (nSPS) is 21.1. The Hall–Kier alpha value is -4.57. The van der Waals surface area contributed by atoms with Gasteiger partial charge in [-0.25, -0.2) is 4.79 Å². The van der Waals surface area contributed by atoms with Gasteiger partial charge in [0.2, 0.25) is 0 Å². The van der Waals surface area contributed by atoms with Crippen LogP contribution in [0.1, 0.15) is 93.9 Å². The van der Waals surface area contributed by atoms with Crippen LogP contribution in [0.5, 0.6) is 0 Å². The van der Waals surface area contributed by atoms with E-state index in [1.54, 1.807) is 0 Å². The highest BCUT2D eigenvalue weighted by molar-refractivity contribution is 5.89. The fourth-order valence-electron chi connectivity index (χ4n) is 7.24. The van der Waals surface area contributed by atoms with Crippen LogP contribution in [0.15, 0.2) is 138 Å². The second kappa shape index (κ2) is 15.8. The summed E-state index contributed by atoms with van der Waals surface area (Å²) in [5, 5.41) is 0. The molecule has 0 spiro atoms. The minimum atomic E-state index is -0.443. The molecule has 3 aliphatic rings. The molecule has 1 atom stereocenters. The molecule has 4 nitrogen and oxygen atoms in total. The largest absolute Gasteiger partial charge is 0.488 e. The summed E-state index contributed by atoms with van der Waals surface area (Å²) in [5.74, 6) is 3.27. The van der Waals surface area contributed by atoms with Crippen molar-refractivity contribution >= 4 is 11.5 Å². The molecule has 1 unspecified atom stereocenters. The van der Waals surface area contributed by atoms with E-state index in [0.717, 1.165) is 63.7 Å². The Bertz CT molecular complexity index is 1710. The molecular formula is C45H50O4. The van der Waals surface area contributed by atoms with Gasteiger partial charge >= 0.3 is 5.97 Å². The first kappa shape index (κ1) is 34.3. The first-order chi connectivity index (χ1) is 23.7. The second-order valence-corrected chi connectivity index (χ2v) is 14.8. The van der Waals surface area contributed by atoms with E-state index in [-0.39, 0.29) is 5.97 Å². The highest BCUT2D eigenvalue weighted by Crippen LogP contribution is 2.42. The van der Waals surface area contributed by atoms with Gasteiger partial charge in [0.05, 0.1) is 0 Å². The van der Waals surface area contributed by atoms with Crippen molar-refractivity contribution in [3.63, 3.8) is 0 Å². The Morgan fingerprint density at radius 2 is 1.37 bits per heavy atom. The molecule has 1 saturated carbocycles. The molecule has 4 heteroatoms. The van der Waals surface area contributed by atoms with Crippen LogP contribution in [-0.2, 0) is 32.2 Å². The molecule has 0 heterocycles. The summed E-state index contributed by atoms with van der Waals surface area (Å²) in [6.45, 7) is 11.1. The number of ether oxygens (including phenoxy) is 3. The van der Waals surface area contributed by atoms with Gasteiger partial charge in [-0.15, -0.1) is 0 Å². The fraction of sp³-hybridized carbons (Fsp3) is 0.356. The van der Waals surface area contributed by atoms with Crippen molar-refractivity contribution in [1.29, 1.82) is 0 Å². The number of hydrogen-bond donors (Lipinski definition) is 0. The van der Waals surface area contributed by atoms with Crippen molar-refractivity contribution in [3.05, 3.63) is 161 Å². The summed E-state index contributed by atoms with van der Waals surface area (Å²) in [6, 6.07) is 29.5. The smallest absolute Gasteiger partial charge is 0.334 e. The number of carbonyl (C=O) groups excluding carboxylic acids is 1. The SMILES string of the molecule is C=C1C=C(OCc2ccccc2)C(c2ccc(C3CCC(CC4CC=C(C(=O)OC(C)(C)C)C4)CC3)cc2)=CC=C1OCc1ccccc1. The molecule has 0 aromatic heterocycles. The van der Waals surface area contributed by atoms with Gasteiger partial charge in [-0.05, 0) is 124 Å². The van der Waals surface area contributed by atoms with E-state index < -0.39 is 5.60 Å². The van der Waals surface area contributed by atoms with Gasteiger partial charge in [-0.1, -0.05) is 97.6 Å². The number of allylic oxidation sites excluding steroid dienone is 5. The Morgan fingerprint density at radius 3 is 1.98 bits per heavy atom. The topological polar surface area (TPSA) is 44.8 Å². The zero-order valence-electron chi connectivity index (χ0n) is 29.3. The number of carbonyl (C=O) groups is 1. The third-order valence-corrected chi connectivity index (χ3v) is 9.84. The predicted octanol–water partition coefficient (Wildman–Crippen LogP) is 11.2. The molecule has 6 rings (SSSR count). The van der Waals surface area contributed by atoms with Crippen LogP contribution in [0, 0.1) is 11.8 Å². The van der Waals surface area contributed by atoms with Gasteiger partial charge in [-0.3, -0.25) is 0 Å². The van der Waals surface area contributed by atoms with Gasteiger partial charge < -0.3 is 14.2 Å². The molecule has 0 radical (unpaired) electrons. The van der Waals surface area contributed by atoms with E-state index in [1.165, 1.54) is 37.7 Å². The maximum absolute atomic E-state index is 12.5. The molecule has 0 aliphatic heterocycles. The van der Waals surface area contributed by atoms with Gasteiger partial charge in [0, 0.05) is 16.7 Å². The quantitative estimate of drug-likeness (QED) is 0.193. The van der Waals surface area contributed by atoms with E-state index in [0.29, 0.717) is 25.0 Å². The number of benzene rings is 3. The number of hydrogen-bond acceptors (Lipinski definition) is 4. The number of rotatable bonds is 11. The third-order valence-electron chi connectivity index (χ3n) is 9.84. The summed E-state index contributed by atoms with van der Waals surface area (Å²) < 4.78 is 18.3. The molecule has 0 amide bonds. The maximum Gasteiger partial charge on any atom is 0.334 e. The Kier molecular flexibility index (Phi) is 11.0. The molecule has 3 aliphatic carbocycles. The highest BCUT2D eigenvalue weighted by atomic mass is 16.6. The average Bonchev–Trinajstić information content (AvgIpc) is 3.51. The van der Waals surface area contributed by atoms with E-state index in [4.69, 9.17) is 14.2 Å². The zero-order valence-corrected chi connectivity index (χ0v) is 29.3. The summed E-state index contributed by atoms with van der Waals surface area (Å²) in [6.07, 6.45) is 16.2. The number of esters is 1. The Morgan fingerprint density at radius 1 is 0.755 bits per heavy atom. The van der Waals surface area contributed by atoms with E-state index in [2.05, 4.69) is 67.3 Å². The van der Waals surface area contributed by atoms with E-state index in [1.807, 2.05) is 69.3 Å². The lowest BCUT2D eigenvalue weighted by Crippen LogP contribution is -2.24. The lowest BCUT2D eigenvalue weighted by atomic mass is 9.75. The summed E-state index contributed by atoms with van der Waals surface area (Å²) in [4.78, 5) is 12.5. The van der Waals surface area contributed by atoms with Gasteiger partial charge in [-0.2, -0.15) is 0 Å². The molecule has 3 aromatic rings. The fourth-order valence-corrected chi connectivity index (χ4v) is 7.24. The van der Waals surface area contributed by atoms with Crippen LogP contribution in [0.25, 0.3) is 5.57 Å². The standard InChI is InChI=1S/C45H50O4/c1-32-27-43(48-31-35-13-9-6-10-14-35)41(25-26-42(32)47-30-34-11-7-5-8-12-34)39-23-21-38(22-24-39)37-18-15-33(16-19-37)28-36-17-20-40(29-36)44(46)49-45(2,3)4/h5-14,20-27,33,36-37H,1,15-19,28-31H2,2-4H3. The van der Waals surface area contributed by atoms with Crippen LogP contribution in [0.4, 0.5) is 0 Å². The molecule has 254 valence electrons. The van der Waals surface area contributed by atoms with Crippen molar-refractivity contribution in [2.45, 2.75) is 90.4 Å². The van der Waals surface area contributed by atoms with Crippen molar-refractivity contribution in [3.8, 4) is 0 Å². The molecule has 1 fully saturated rings. The summed E-state index contributed by atoms with van der Waals surface area (Å²) in [7, 11) is 0. The van der Waals surface area contributed by atoms with Crippen LogP contribution in [0.3, 0.4) is 0 Å². The minimum absolute atomic E-state index is 0.134. The second-order valence-electron chi connectivity index (χ2n) is 14.8. The molecule has 0 saturated heterocycles. The van der Waals surface area contributed by atoms with Gasteiger partial charge in [0.1, 0.15) is 30.3 Å². The van der Waals surface area contributed by atoms with Gasteiger partial charge in [0.15, 0.2) is 0 Å². The van der Waals surface area contributed by atoms with E-state index in [9.17, 15) is 4.79 Å². The highest BCUT2D eigenvalue weighted by Gasteiger charge is 2.30. The van der Waals surface area contributed by atoms with Crippen LogP contribution >= 0.6 is 0 Å². The van der Waals surface area contributed by atoms with Crippen molar-refractivity contribution in [2.24, 2.45) is 11.8 Å². The molecular weight excluding hydrogens is 604 g/mol. The summed E-state index contributed by atoms with van der Waals surface area (Å²) >= 11 is 0. The Balaban J connectivity index is 1.08. The predicted molar refractivity (Wildman–Crippen MR) is 198 cm³/mol. The van der Waals surface area contributed by atoms with Crippen molar-refractivity contribution in [1.82, 2.24) is 0 Å². The Labute approximate surface area is 292 Å². The molecule has 0 bridgehead atoms. The van der Waals surface area contributed by atoms with Crippen LogP contribution in [0.2, 0.25) is 0 Å². The van der Waals surface area contributed by atoms with Crippen molar-refractivity contribution in [2.75, 3.05) is 0 Å². The zero-order chi connectivity index (χ0) is 34.2. The minimum Gasteiger partial charge on any atom is -0.488 e. The molecule has 0 N–H and O–H groups in total. The van der Waals surface area contributed by atoms with Crippen molar-refractivity contribution < 1.29 is 19.0 Å². The lowest BCUT2D eigenvalue weighted by molar-refractivity contribution is -0.150. The monoisotopic (exact) mass is 654 g/mol. The van der Waals surface area contributed by atoms with Crippen LogP contribution in [-0.4, -0.2) is 11.6 Å². The average molecular weight is 655 g/mol. The van der Waals surface area contributed by atoms with Crippen LogP contribution < -0.4 is 0 Å².